The van der Waals surface area contributed by atoms with Gasteiger partial charge in [0.1, 0.15) is 17.1 Å². The van der Waals surface area contributed by atoms with E-state index in [1.165, 1.54) is 31.6 Å². The van der Waals surface area contributed by atoms with Gasteiger partial charge in [-0.05, 0) is 75.5 Å². The van der Waals surface area contributed by atoms with Crippen molar-refractivity contribution in [1.29, 1.82) is 0 Å². The van der Waals surface area contributed by atoms with E-state index >= 15 is 0 Å². The molecule has 4 fully saturated rings. The molecule has 1 spiro atoms. The molecule has 1 aromatic carbocycles. The Balaban J connectivity index is 1.12. The molecule has 1 aliphatic carbocycles. The number of primary amides is 1. The number of aromatic nitrogens is 3. The molecule has 2 aromatic heterocycles. The summed E-state index contributed by atoms with van der Waals surface area (Å²) in [5.41, 5.74) is 8.92. The lowest BCUT2D eigenvalue weighted by Gasteiger charge is -2.42. The number of piperidine rings is 1. The second-order valence-electron chi connectivity index (χ2n) is 13.2. The van der Waals surface area contributed by atoms with Crippen molar-refractivity contribution in [1.82, 2.24) is 24.8 Å². The number of hydrogen-bond donors (Lipinski definition) is 3. The zero-order valence-electron chi connectivity index (χ0n) is 26.9. The number of rotatable bonds is 9. The highest BCUT2D eigenvalue weighted by molar-refractivity contribution is 5.97. The first-order chi connectivity index (χ1) is 22.4. The van der Waals surface area contributed by atoms with Crippen LogP contribution in [-0.2, 0) is 4.74 Å². The van der Waals surface area contributed by atoms with Crippen LogP contribution < -0.4 is 26.0 Å². The summed E-state index contributed by atoms with van der Waals surface area (Å²) in [4.78, 5) is 34.6. The molecule has 3 aliphatic heterocycles. The number of pyridine rings is 1. The van der Waals surface area contributed by atoms with Gasteiger partial charge in [-0.25, -0.2) is 9.97 Å². The summed E-state index contributed by atoms with van der Waals surface area (Å²) in [5, 5.41) is 7.01. The van der Waals surface area contributed by atoms with Crippen molar-refractivity contribution in [3.63, 3.8) is 0 Å². The molecular weight excluding hydrogens is 582 g/mol. The van der Waals surface area contributed by atoms with Gasteiger partial charge in [0.15, 0.2) is 17.3 Å². The van der Waals surface area contributed by atoms with E-state index < -0.39 is 5.91 Å². The molecule has 12 heteroatoms. The number of nitrogens with one attached hydrogen (secondary N) is 2. The fourth-order valence-corrected chi connectivity index (χ4v) is 7.19. The number of amides is 1. The number of carbonyl (C=O) groups excluding carboxylic acids is 1. The number of piperazine rings is 1. The standard InChI is InChI=1S/C34H45N9O3/c1-41-17-19-43(20-18-41)25-9-15-42(16-10-25)24-7-5-23(6-8-24)37-33-30(31(35)44)39-29(28-26(45-2)4-3-14-36-28)32(40-33)38-27-11-21-46-22-34(27)12-13-34/h3-8,14,25,27H,9-13,15-22H2,1-2H3,(H2,35,44)(H2,37,38,40). The predicted octanol–water partition coefficient (Wildman–Crippen LogP) is 3.59. The number of likely N-dealkylation sites (N-methyl/N-ethyl adjacent to an activating group) is 1. The SMILES string of the molecule is COc1cccnc1-c1nc(C(N)=O)c(Nc2ccc(N3CCC(N4CCN(C)CC4)CC3)cc2)nc1NC1CCOCC12CC2. The lowest BCUT2D eigenvalue weighted by Crippen LogP contribution is -2.52. The Hall–Kier alpha value is -4.00. The van der Waals surface area contributed by atoms with Gasteiger partial charge in [0.2, 0.25) is 0 Å². The van der Waals surface area contributed by atoms with Crippen molar-refractivity contribution in [2.24, 2.45) is 11.1 Å². The van der Waals surface area contributed by atoms with Crippen LogP contribution in [0.15, 0.2) is 42.6 Å². The largest absolute Gasteiger partial charge is 0.494 e. The van der Waals surface area contributed by atoms with Gasteiger partial charge < -0.3 is 35.6 Å². The molecule has 244 valence electrons. The lowest BCUT2D eigenvalue weighted by molar-refractivity contribution is 0.0351. The highest BCUT2D eigenvalue weighted by Gasteiger charge is 2.51. The van der Waals surface area contributed by atoms with E-state index in [0.717, 1.165) is 57.7 Å². The average Bonchev–Trinajstić information content (AvgIpc) is 3.86. The van der Waals surface area contributed by atoms with Crippen LogP contribution in [0.4, 0.5) is 23.0 Å². The van der Waals surface area contributed by atoms with Crippen molar-refractivity contribution in [3.05, 3.63) is 48.3 Å². The van der Waals surface area contributed by atoms with Crippen molar-refractivity contribution in [2.75, 3.05) is 82.2 Å². The minimum Gasteiger partial charge on any atom is -0.494 e. The lowest BCUT2D eigenvalue weighted by atomic mass is 9.92. The van der Waals surface area contributed by atoms with E-state index in [9.17, 15) is 4.79 Å². The quantitative estimate of drug-likeness (QED) is 0.321. The Labute approximate surface area is 270 Å². The summed E-state index contributed by atoms with van der Waals surface area (Å²) in [6.45, 7) is 8.14. The van der Waals surface area contributed by atoms with E-state index in [1.54, 1.807) is 19.4 Å². The maximum atomic E-state index is 12.8. The van der Waals surface area contributed by atoms with Crippen molar-refractivity contribution >= 4 is 28.9 Å². The molecule has 1 amide bonds. The Bertz CT molecular complexity index is 1530. The number of carbonyl (C=O) groups is 1. The molecule has 1 saturated carbocycles. The third-order valence-electron chi connectivity index (χ3n) is 10.2. The Morgan fingerprint density at radius 1 is 0.978 bits per heavy atom. The van der Waals surface area contributed by atoms with Crippen LogP contribution in [0, 0.1) is 5.41 Å². The highest BCUT2D eigenvalue weighted by atomic mass is 16.5. The first-order valence-corrected chi connectivity index (χ1v) is 16.5. The number of ether oxygens (including phenoxy) is 2. The van der Waals surface area contributed by atoms with Gasteiger partial charge in [0.05, 0.1) is 13.7 Å². The van der Waals surface area contributed by atoms with Gasteiger partial charge in [-0.2, -0.15) is 0 Å². The van der Waals surface area contributed by atoms with Crippen molar-refractivity contribution in [3.8, 4) is 17.1 Å². The predicted molar refractivity (Wildman–Crippen MR) is 179 cm³/mol. The normalized spacial score (nSPS) is 22.0. The molecule has 46 heavy (non-hydrogen) atoms. The average molecular weight is 628 g/mol. The third kappa shape index (κ3) is 6.33. The fraction of sp³-hybridized carbons (Fsp3) is 0.529. The first kappa shape index (κ1) is 30.6. The number of hydrogen-bond acceptors (Lipinski definition) is 11. The van der Waals surface area contributed by atoms with Gasteiger partial charge in [0, 0.05) is 80.9 Å². The maximum absolute atomic E-state index is 12.8. The van der Waals surface area contributed by atoms with Gasteiger partial charge in [-0.1, -0.05) is 0 Å². The molecule has 0 radical (unpaired) electrons. The molecule has 4 N–H and O–H groups in total. The van der Waals surface area contributed by atoms with Crippen molar-refractivity contribution < 1.29 is 14.3 Å². The van der Waals surface area contributed by atoms with Gasteiger partial charge in [0.25, 0.3) is 5.91 Å². The number of methoxy groups -OCH3 is 1. The van der Waals surface area contributed by atoms with Crippen LogP contribution in [0.25, 0.3) is 11.4 Å². The number of benzene rings is 1. The molecule has 12 nitrogen and oxygen atoms in total. The second kappa shape index (κ2) is 13.0. The maximum Gasteiger partial charge on any atom is 0.271 e. The van der Waals surface area contributed by atoms with Gasteiger partial charge in [-0.15, -0.1) is 0 Å². The zero-order chi connectivity index (χ0) is 31.7. The highest BCUT2D eigenvalue weighted by Crippen LogP contribution is 2.52. The third-order valence-corrected chi connectivity index (χ3v) is 10.2. The van der Waals surface area contributed by atoms with Crippen LogP contribution >= 0.6 is 0 Å². The molecular formula is C34H45N9O3. The van der Waals surface area contributed by atoms with Crippen LogP contribution in [0.2, 0.25) is 0 Å². The zero-order valence-corrected chi connectivity index (χ0v) is 26.9. The summed E-state index contributed by atoms with van der Waals surface area (Å²) in [7, 11) is 3.80. The fourth-order valence-electron chi connectivity index (χ4n) is 7.19. The van der Waals surface area contributed by atoms with Crippen LogP contribution in [-0.4, -0.2) is 109 Å². The van der Waals surface area contributed by atoms with Crippen LogP contribution in [0.3, 0.4) is 0 Å². The van der Waals surface area contributed by atoms with E-state index in [1.807, 2.05) is 18.2 Å². The number of nitrogens with two attached hydrogens (primary N) is 1. The summed E-state index contributed by atoms with van der Waals surface area (Å²) in [5.74, 6) is 0.684. The second-order valence-corrected chi connectivity index (χ2v) is 13.2. The number of anilines is 4. The minimum atomic E-state index is -0.678. The Morgan fingerprint density at radius 2 is 1.74 bits per heavy atom. The summed E-state index contributed by atoms with van der Waals surface area (Å²) >= 11 is 0. The van der Waals surface area contributed by atoms with Crippen molar-refractivity contribution in [2.45, 2.75) is 44.2 Å². The molecule has 0 bridgehead atoms. The van der Waals surface area contributed by atoms with E-state index in [0.29, 0.717) is 41.4 Å². The monoisotopic (exact) mass is 627 g/mol. The van der Waals surface area contributed by atoms with Crippen LogP contribution in [0.5, 0.6) is 5.75 Å². The Kier molecular flexibility index (Phi) is 8.67. The molecule has 4 aliphatic rings. The molecule has 1 unspecified atom stereocenters. The van der Waals surface area contributed by atoms with Gasteiger partial charge in [-0.3, -0.25) is 14.7 Å². The molecule has 7 rings (SSSR count). The Morgan fingerprint density at radius 3 is 2.43 bits per heavy atom. The van der Waals surface area contributed by atoms with E-state index in [-0.39, 0.29) is 17.2 Å². The van der Waals surface area contributed by atoms with E-state index in [2.05, 4.69) is 49.5 Å². The summed E-state index contributed by atoms with van der Waals surface area (Å²) < 4.78 is 11.4. The first-order valence-electron chi connectivity index (χ1n) is 16.5. The summed E-state index contributed by atoms with van der Waals surface area (Å²) in [6, 6.07) is 12.7. The minimum absolute atomic E-state index is 0.0384. The van der Waals surface area contributed by atoms with Gasteiger partial charge >= 0.3 is 0 Å². The summed E-state index contributed by atoms with van der Waals surface area (Å²) in [6.07, 6.45) is 7.09. The number of nitrogens with zero attached hydrogens (tertiary/aromatic N) is 6. The van der Waals surface area contributed by atoms with Crippen LogP contribution in [0.1, 0.15) is 42.6 Å². The van der Waals surface area contributed by atoms with E-state index in [4.69, 9.17) is 25.2 Å². The molecule has 3 aromatic rings. The molecule has 3 saturated heterocycles. The smallest absolute Gasteiger partial charge is 0.271 e. The topological polar surface area (TPSA) is 134 Å². The molecule has 5 heterocycles. The molecule has 1 atom stereocenters.